The molecule has 1 N–H and O–H groups in total. The number of ketones is 1. The van der Waals surface area contributed by atoms with Crippen LogP contribution in [-0.4, -0.2) is 45.7 Å². The molecule has 35 heavy (non-hydrogen) atoms. The topological polar surface area (TPSA) is 65.0 Å². The minimum absolute atomic E-state index is 0.0212. The highest BCUT2D eigenvalue weighted by atomic mass is 16.7. The number of hydrogen-bond donors (Lipinski definition) is 1. The maximum absolute atomic E-state index is 12.6. The lowest BCUT2D eigenvalue weighted by Crippen LogP contribution is -2.74. The van der Waals surface area contributed by atoms with Crippen LogP contribution in [0.5, 0.6) is 0 Å². The van der Waals surface area contributed by atoms with Crippen LogP contribution in [-0.2, 0) is 19.0 Å². The van der Waals surface area contributed by atoms with Gasteiger partial charge in [0.05, 0.1) is 17.8 Å². The van der Waals surface area contributed by atoms with Gasteiger partial charge in [-0.3, -0.25) is 4.79 Å². The molecule has 0 amide bonds. The average molecular weight is 491 g/mol. The first kappa shape index (κ1) is 26.1. The molecule has 4 heterocycles. The van der Waals surface area contributed by atoms with Crippen molar-refractivity contribution in [3.8, 4) is 0 Å². The van der Waals surface area contributed by atoms with Crippen LogP contribution < -0.4 is 0 Å². The maximum Gasteiger partial charge on any atom is 0.195 e. The molecule has 0 aromatic heterocycles. The van der Waals surface area contributed by atoms with Crippen LogP contribution in [0.4, 0.5) is 0 Å². The van der Waals surface area contributed by atoms with E-state index in [0.29, 0.717) is 30.5 Å². The van der Waals surface area contributed by atoms with Crippen LogP contribution in [0.15, 0.2) is 0 Å². The zero-order chi connectivity index (χ0) is 25.7. The van der Waals surface area contributed by atoms with E-state index in [0.717, 1.165) is 44.9 Å². The molecule has 4 aliphatic heterocycles. The highest BCUT2D eigenvalue weighted by molar-refractivity contribution is 5.80. The summed E-state index contributed by atoms with van der Waals surface area (Å²) >= 11 is 0. The van der Waals surface area contributed by atoms with Gasteiger partial charge in [-0.05, 0) is 77.0 Å². The van der Waals surface area contributed by atoms with Crippen molar-refractivity contribution in [2.24, 2.45) is 28.6 Å². The van der Waals surface area contributed by atoms with E-state index < -0.39 is 17.0 Å². The summed E-state index contributed by atoms with van der Waals surface area (Å²) in [4.78, 5) is 12.6. The highest BCUT2D eigenvalue weighted by Gasteiger charge is 2.74. The fourth-order valence-corrected chi connectivity index (χ4v) is 9.11. The molecule has 1 spiro atoms. The fraction of sp³-hybridized carbons (Fsp3) is 0.967. The number of rotatable bonds is 7. The molecule has 0 aromatic rings. The van der Waals surface area contributed by atoms with Gasteiger partial charge in [0.25, 0.3) is 0 Å². The summed E-state index contributed by atoms with van der Waals surface area (Å²) in [6.07, 6.45) is 9.75. The van der Waals surface area contributed by atoms with Crippen molar-refractivity contribution in [2.75, 3.05) is 0 Å². The Balaban J connectivity index is 1.41. The zero-order valence-electron chi connectivity index (χ0n) is 23.5. The third-order valence-corrected chi connectivity index (χ3v) is 12.2. The Hall–Kier alpha value is -0.490. The number of carbonyl (C=O) groups excluding carboxylic acids is 1. The van der Waals surface area contributed by atoms with Crippen LogP contribution in [0.1, 0.15) is 120 Å². The number of hydrogen-bond acceptors (Lipinski definition) is 5. The van der Waals surface area contributed by atoms with Crippen molar-refractivity contribution in [3.05, 3.63) is 0 Å². The predicted octanol–water partition coefficient (Wildman–Crippen LogP) is 6.20. The van der Waals surface area contributed by atoms with E-state index in [1.165, 1.54) is 6.42 Å². The molecule has 6 rings (SSSR count). The largest absolute Gasteiger partial charge is 0.370 e. The second-order valence-electron chi connectivity index (χ2n) is 14.3. The normalized spacial score (nSPS) is 52.2. The van der Waals surface area contributed by atoms with Gasteiger partial charge in [-0.15, -0.1) is 0 Å². The summed E-state index contributed by atoms with van der Waals surface area (Å²) in [5, 5.41) is 11.5. The first-order valence-corrected chi connectivity index (χ1v) is 14.5. The predicted molar refractivity (Wildman–Crippen MR) is 136 cm³/mol. The number of ether oxygens (including phenoxy) is 3. The molecule has 4 unspecified atom stereocenters. The summed E-state index contributed by atoms with van der Waals surface area (Å²) < 4.78 is 20.2. The second-order valence-corrected chi connectivity index (χ2v) is 14.3. The minimum atomic E-state index is -1.22. The van der Waals surface area contributed by atoms with Crippen LogP contribution >= 0.6 is 0 Å². The van der Waals surface area contributed by atoms with Crippen molar-refractivity contribution < 1.29 is 24.1 Å². The SMILES string of the molecule is CC(C)C(=O)CCC1(C)C2CCC(C)C1(CC[C@@]1(C)[C@@H](C)CC[C@@H]3OC(C)(C)[C@]4(O)CC[C@@]31O4)O2. The van der Waals surface area contributed by atoms with Crippen LogP contribution in [0, 0.1) is 28.6 Å². The fourth-order valence-electron chi connectivity index (χ4n) is 9.11. The monoisotopic (exact) mass is 490 g/mol. The first-order chi connectivity index (χ1) is 16.2. The summed E-state index contributed by atoms with van der Waals surface area (Å²) in [6.45, 7) is 17.5. The highest BCUT2D eigenvalue weighted by Crippen LogP contribution is 2.68. The average Bonchev–Trinajstić information content (AvgIpc) is 3.14. The van der Waals surface area contributed by atoms with Crippen LogP contribution in [0.2, 0.25) is 0 Å². The molecule has 6 aliphatic rings. The van der Waals surface area contributed by atoms with Gasteiger partial charge in [0.1, 0.15) is 17.0 Å². The van der Waals surface area contributed by atoms with Crippen molar-refractivity contribution in [3.63, 3.8) is 0 Å². The lowest BCUT2D eigenvalue weighted by Gasteiger charge is -2.70. The standard InChI is InChI=1S/C30H50O5/c1-19(2)22(31)13-14-27(8)23-11-10-21(4)28(27,34-23)16-15-26(7)20(3)9-12-24-29(26)17-18-30(32,35-29)25(5,6)33-24/h19-21,23-24,32H,9-18H2,1-8H3/t20-,21?,23?,24-,26-,27?,28?,29+,30-/m0/s1. The molecule has 0 radical (unpaired) electrons. The van der Waals surface area contributed by atoms with Gasteiger partial charge in [-0.1, -0.05) is 41.5 Å². The van der Waals surface area contributed by atoms with E-state index in [1.54, 1.807) is 0 Å². The molecular formula is C30H50O5. The van der Waals surface area contributed by atoms with Gasteiger partial charge < -0.3 is 19.3 Å². The smallest absolute Gasteiger partial charge is 0.195 e. The van der Waals surface area contributed by atoms with Gasteiger partial charge in [0.2, 0.25) is 0 Å². The molecule has 5 heteroatoms. The van der Waals surface area contributed by atoms with Gasteiger partial charge in [0.15, 0.2) is 5.79 Å². The molecule has 5 nitrogen and oxygen atoms in total. The lowest BCUT2D eigenvalue weighted by atomic mass is 9.48. The van der Waals surface area contributed by atoms with Crippen LogP contribution in [0.3, 0.4) is 0 Å². The Kier molecular flexibility index (Phi) is 5.98. The molecule has 0 aromatic carbocycles. The Morgan fingerprint density at radius 2 is 1.51 bits per heavy atom. The van der Waals surface area contributed by atoms with E-state index in [9.17, 15) is 9.90 Å². The molecule has 2 aliphatic carbocycles. The van der Waals surface area contributed by atoms with Crippen molar-refractivity contribution >= 4 is 5.78 Å². The molecule has 4 saturated heterocycles. The van der Waals surface area contributed by atoms with Gasteiger partial charge >= 0.3 is 0 Å². The zero-order valence-corrected chi connectivity index (χ0v) is 23.5. The Morgan fingerprint density at radius 1 is 0.857 bits per heavy atom. The van der Waals surface area contributed by atoms with Gasteiger partial charge in [-0.2, -0.15) is 0 Å². The molecule has 6 fully saturated rings. The van der Waals surface area contributed by atoms with Crippen molar-refractivity contribution in [1.82, 2.24) is 0 Å². The molecule has 4 bridgehead atoms. The van der Waals surface area contributed by atoms with E-state index in [4.69, 9.17) is 14.2 Å². The quantitative estimate of drug-likeness (QED) is 0.460. The number of Topliss-reactive ketones (excluding diaryl/α,β-unsaturated/α-hetero) is 1. The molecule has 9 atom stereocenters. The summed E-state index contributed by atoms with van der Waals surface area (Å²) in [5.41, 5.74) is -1.38. The number of carbonyl (C=O) groups is 1. The van der Waals surface area contributed by atoms with Crippen molar-refractivity contribution in [1.29, 1.82) is 0 Å². The first-order valence-electron chi connectivity index (χ1n) is 14.5. The second kappa shape index (κ2) is 8.01. The molecule has 200 valence electrons. The van der Waals surface area contributed by atoms with E-state index in [2.05, 4.69) is 27.7 Å². The van der Waals surface area contributed by atoms with E-state index >= 15 is 0 Å². The summed E-state index contributed by atoms with van der Waals surface area (Å²) in [7, 11) is 0. The Morgan fingerprint density at radius 3 is 2.17 bits per heavy atom. The lowest BCUT2D eigenvalue weighted by molar-refractivity contribution is -0.412. The Bertz CT molecular complexity index is 869. The van der Waals surface area contributed by atoms with Gasteiger partial charge in [0, 0.05) is 29.6 Å². The van der Waals surface area contributed by atoms with Gasteiger partial charge in [-0.25, -0.2) is 0 Å². The van der Waals surface area contributed by atoms with Crippen LogP contribution in [0.25, 0.3) is 0 Å². The summed E-state index contributed by atoms with van der Waals surface area (Å²) in [5.74, 6) is 0.201. The van der Waals surface area contributed by atoms with E-state index in [1.807, 2.05) is 27.7 Å². The maximum atomic E-state index is 12.6. The summed E-state index contributed by atoms with van der Waals surface area (Å²) in [6, 6.07) is 0. The third kappa shape index (κ3) is 3.29. The van der Waals surface area contributed by atoms with Crippen molar-refractivity contribution in [2.45, 2.75) is 154 Å². The third-order valence-electron chi connectivity index (χ3n) is 12.2. The minimum Gasteiger partial charge on any atom is -0.370 e. The number of aliphatic hydroxyl groups is 1. The Labute approximate surface area is 213 Å². The van der Waals surface area contributed by atoms with E-state index in [-0.39, 0.29) is 34.6 Å². The molecular weight excluding hydrogens is 440 g/mol. The molecule has 2 saturated carbocycles. The number of fused-ring (bicyclic) bond motifs is 3.